The van der Waals surface area contributed by atoms with Gasteiger partial charge in [-0.05, 0) is 12.8 Å². The largest absolute Gasteiger partial charge is 0.762 e. The van der Waals surface area contributed by atoms with Crippen molar-refractivity contribution in [1.82, 2.24) is 0 Å². The highest BCUT2D eigenvalue weighted by Crippen LogP contribution is 1.98. The highest BCUT2D eigenvalue weighted by molar-refractivity contribution is 6.33. The Balaban J connectivity index is 0. The van der Waals surface area contributed by atoms with Gasteiger partial charge in [0.2, 0.25) is 0 Å². The molecule has 1 aliphatic heterocycles. The molecule has 1 rings (SSSR count). The molecule has 1 aliphatic rings. The average molecular weight is 151 g/mol. The van der Waals surface area contributed by atoms with Gasteiger partial charge in [-0.1, -0.05) is 0 Å². The summed E-state index contributed by atoms with van der Waals surface area (Å²) < 4.78 is 33.9. The van der Waals surface area contributed by atoms with E-state index in [0.717, 1.165) is 13.2 Å². The van der Waals surface area contributed by atoms with Crippen LogP contribution < -0.4 is 0 Å². The molecule has 0 bridgehead atoms. The molecule has 1 fully saturated rings. The number of rotatable bonds is 0. The first-order chi connectivity index (χ1) is 4.23. The molecule has 1 nitrogen and oxygen atoms in total. The maximum Gasteiger partial charge on any atom is 0.762 e. The Bertz CT molecular complexity index is 50.1. The molecule has 0 saturated carbocycles. The standard InChI is InChI=1S/C4H8O.BF3.B/c1-2-4-5-3-1;2-1(3)4;/h1-4H2;;. The highest BCUT2D eigenvalue weighted by atomic mass is 19.4. The van der Waals surface area contributed by atoms with Crippen LogP contribution in [0.4, 0.5) is 12.9 Å². The molecule has 0 aliphatic carbocycles. The van der Waals surface area contributed by atoms with E-state index < -0.39 is 7.54 Å². The first-order valence-electron chi connectivity index (χ1n) is 2.73. The molecule has 1 saturated heterocycles. The Labute approximate surface area is 60.7 Å². The van der Waals surface area contributed by atoms with E-state index in [2.05, 4.69) is 0 Å². The van der Waals surface area contributed by atoms with E-state index >= 15 is 0 Å². The van der Waals surface area contributed by atoms with Gasteiger partial charge in [0.1, 0.15) is 0 Å². The first kappa shape index (κ1) is 12.5. The van der Waals surface area contributed by atoms with Crippen molar-refractivity contribution < 1.29 is 17.7 Å². The van der Waals surface area contributed by atoms with Crippen molar-refractivity contribution in [3.63, 3.8) is 0 Å². The lowest BCUT2D eigenvalue weighted by Gasteiger charge is -1.76. The minimum atomic E-state index is -3.67. The Kier molecular flexibility index (Phi) is 11.1. The zero-order valence-electron chi connectivity index (χ0n) is 5.53. The minimum absolute atomic E-state index is 0. The maximum atomic E-state index is 9.67. The molecular formula is C4H8B2F3O. The van der Waals surface area contributed by atoms with Crippen molar-refractivity contribution >= 4 is 16.0 Å². The summed E-state index contributed by atoms with van der Waals surface area (Å²) >= 11 is 0. The Hall–Kier alpha value is -0.120. The molecule has 0 atom stereocenters. The molecule has 0 aromatic carbocycles. The summed E-state index contributed by atoms with van der Waals surface area (Å²) in [6.45, 7) is 2.00. The second-order valence-electron chi connectivity index (χ2n) is 1.57. The summed E-state index contributed by atoms with van der Waals surface area (Å²) in [5.74, 6) is 0. The van der Waals surface area contributed by atoms with E-state index in [1.54, 1.807) is 0 Å². The van der Waals surface area contributed by atoms with E-state index in [9.17, 15) is 12.9 Å². The van der Waals surface area contributed by atoms with E-state index in [-0.39, 0.29) is 8.41 Å². The summed E-state index contributed by atoms with van der Waals surface area (Å²) in [7, 11) is -3.67. The van der Waals surface area contributed by atoms with E-state index in [1.165, 1.54) is 12.8 Å². The van der Waals surface area contributed by atoms with Crippen LogP contribution in [0.15, 0.2) is 0 Å². The molecule has 1 heterocycles. The maximum absolute atomic E-state index is 9.67. The molecule has 0 aromatic heterocycles. The van der Waals surface area contributed by atoms with Crippen LogP contribution in [0.3, 0.4) is 0 Å². The Morgan fingerprint density at radius 3 is 1.40 bits per heavy atom. The van der Waals surface area contributed by atoms with E-state index in [4.69, 9.17) is 4.74 Å². The minimum Gasteiger partial charge on any atom is -0.381 e. The lowest BCUT2D eigenvalue weighted by Crippen LogP contribution is -1.76. The fourth-order valence-electron chi connectivity index (χ4n) is 0.510. The van der Waals surface area contributed by atoms with Crippen molar-refractivity contribution in [2.75, 3.05) is 13.2 Å². The van der Waals surface area contributed by atoms with Crippen molar-refractivity contribution in [2.45, 2.75) is 12.8 Å². The van der Waals surface area contributed by atoms with Crippen molar-refractivity contribution in [3.8, 4) is 0 Å². The third-order valence-corrected chi connectivity index (χ3v) is 0.827. The Morgan fingerprint density at radius 2 is 1.30 bits per heavy atom. The molecular weight excluding hydrogens is 143 g/mol. The van der Waals surface area contributed by atoms with Crippen molar-refractivity contribution in [1.29, 1.82) is 0 Å². The summed E-state index contributed by atoms with van der Waals surface area (Å²) in [5, 5.41) is 0. The van der Waals surface area contributed by atoms with Crippen LogP contribution in [0.2, 0.25) is 0 Å². The van der Waals surface area contributed by atoms with Gasteiger partial charge in [0.15, 0.2) is 0 Å². The number of hydrogen-bond acceptors (Lipinski definition) is 1. The third kappa shape index (κ3) is 15.7. The zero-order valence-corrected chi connectivity index (χ0v) is 5.53. The fraction of sp³-hybridized carbons (Fsp3) is 1.00. The van der Waals surface area contributed by atoms with Gasteiger partial charge in [0, 0.05) is 21.6 Å². The van der Waals surface area contributed by atoms with Crippen LogP contribution in [-0.4, -0.2) is 29.2 Å². The van der Waals surface area contributed by atoms with E-state index in [0.29, 0.717) is 0 Å². The van der Waals surface area contributed by atoms with Gasteiger partial charge in [0.25, 0.3) is 0 Å². The fourth-order valence-corrected chi connectivity index (χ4v) is 0.510. The summed E-state index contributed by atoms with van der Waals surface area (Å²) in [4.78, 5) is 0. The summed E-state index contributed by atoms with van der Waals surface area (Å²) in [5.41, 5.74) is 0. The van der Waals surface area contributed by atoms with Crippen LogP contribution in [0.1, 0.15) is 12.8 Å². The first-order valence-corrected chi connectivity index (χ1v) is 2.73. The van der Waals surface area contributed by atoms with Gasteiger partial charge >= 0.3 is 7.54 Å². The molecule has 0 N–H and O–H groups in total. The third-order valence-electron chi connectivity index (χ3n) is 0.827. The molecule has 10 heavy (non-hydrogen) atoms. The van der Waals surface area contributed by atoms with Gasteiger partial charge in [-0.25, -0.2) is 0 Å². The van der Waals surface area contributed by atoms with Crippen LogP contribution in [-0.2, 0) is 4.74 Å². The molecule has 6 heteroatoms. The van der Waals surface area contributed by atoms with Gasteiger partial charge in [-0.3, -0.25) is 12.9 Å². The van der Waals surface area contributed by atoms with Crippen molar-refractivity contribution in [2.24, 2.45) is 0 Å². The molecule has 0 aromatic rings. The van der Waals surface area contributed by atoms with Crippen LogP contribution >= 0.6 is 0 Å². The van der Waals surface area contributed by atoms with Crippen LogP contribution in [0.5, 0.6) is 0 Å². The predicted octanol–water partition coefficient (Wildman–Crippen LogP) is 1.30. The van der Waals surface area contributed by atoms with Crippen LogP contribution in [0.25, 0.3) is 0 Å². The molecule has 57 valence electrons. The summed E-state index contributed by atoms with van der Waals surface area (Å²) in [6, 6.07) is 0. The van der Waals surface area contributed by atoms with E-state index in [1.807, 2.05) is 0 Å². The predicted molar refractivity (Wildman–Crippen MR) is 34.9 cm³/mol. The Morgan fingerprint density at radius 1 is 1.00 bits per heavy atom. The number of hydrogen-bond donors (Lipinski definition) is 0. The molecule has 0 spiro atoms. The smallest absolute Gasteiger partial charge is 0.381 e. The second kappa shape index (κ2) is 8.88. The lowest BCUT2D eigenvalue weighted by molar-refractivity contribution is 0.198. The quantitative estimate of drug-likeness (QED) is 0.473. The molecule has 0 amide bonds. The van der Waals surface area contributed by atoms with Gasteiger partial charge in [-0.2, -0.15) is 0 Å². The van der Waals surface area contributed by atoms with Gasteiger partial charge < -0.3 is 4.74 Å². The average Bonchev–Trinajstić information content (AvgIpc) is 2.11. The molecule has 0 unspecified atom stereocenters. The van der Waals surface area contributed by atoms with Gasteiger partial charge in [-0.15, -0.1) is 0 Å². The highest BCUT2D eigenvalue weighted by Gasteiger charge is 2.06. The lowest BCUT2D eigenvalue weighted by atomic mass is 10.4. The number of ether oxygens (including phenoxy) is 1. The summed E-state index contributed by atoms with van der Waals surface area (Å²) in [6.07, 6.45) is 2.56. The zero-order chi connectivity index (χ0) is 7.11. The monoisotopic (exact) mass is 151 g/mol. The van der Waals surface area contributed by atoms with Crippen molar-refractivity contribution in [3.05, 3.63) is 0 Å². The molecule has 3 radical (unpaired) electrons. The van der Waals surface area contributed by atoms with Crippen LogP contribution in [0, 0.1) is 0 Å². The number of halogens is 3. The normalized spacial score (nSPS) is 14.7. The topological polar surface area (TPSA) is 9.23 Å². The van der Waals surface area contributed by atoms with Gasteiger partial charge in [0.05, 0.1) is 0 Å². The second-order valence-corrected chi connectivity index (χ2v) is 1.57. The SMILES string of the molecule is C1CCOC1.FB(F)F.[B].